The Morgan fingerprint density at radius 1 is 1.06 bits per heavy atom. The largest absolute Gasteiger partial charge is 0.319 e. The van der Waals surface area contributed by atoms with E-state index in [1.807, 2.05) is 0 Å². The summed E-state index contributed by atoms with van der Waals surface area (Å²) in [4.78, 5) is 0. The lowest BCUT2D eigenvalue weighted by atomic mass is 9.70. The number of rotatable bonds is 5. The molecule has 0 spiro atoms. The van der Waals surface area contributed by atoms with Crippen molar-refractivity contribution in [1.29, 1.82) is 0 Å². The topological polar surface area (TPSA) is 12.0 Å². The third kappa shape index (κ3) is 2.65. The molecule has 88 valence electrons. The Hall–Kier alpha value is -0.820. The predicted molar refractivity (Wildman–Crippen MR) is 69.7 cm³/mol. The maximum absolute atomic E-state index is 3.30. The van der Waals surface area contributed by atoms with Crippen LogP contribution in [0.3, 0.4) is 0 Å². The normalized spacial score (nSPS) is 24.1. The summed E-state index contributed by atoms with van der Waals surface area (Å²) in [6, 6.07) is 9.18. The first-order chi connectivity index (χ1) is 7.83. The van der Waals surface area contributed by atoms with Crippen molar-refractivity contribution in [3.8, 4) is 0 Å². The molecule has 1 aromatic carbocycles. The number of hydrogen-bond acceptors (Lipinski definition) is 1. The molecule has 1 aliphatic rings. The highest BCUT2D eigenvalue weighted by molar-refractivity contribution is 5.23. The third-order valence-corrected chi connectivity index (χ3v) is 3.97. The van der Waals surface area contributed by atoms with Crippen molar-refractivity contribution < 1.29 is 0 Å². The van der Waals surface area contributed by atoms with Crippen LogP contribution in [0, 0.1) is 11.8 Å². The molecular formula is C15H23N. The lowest BCUT2D eigenvalue weighted by Crippen LogP contribution is -2.35. The summed E-state index contributed by atoms with van der Waals surface area (Å²) in [5, 5.41) is 3.30. The Morgan fingerprint density at radius 3 is 2.19 bits per heavy atom. The Bertz CT molecular complexity index is 315. The summed E-state index contributed by atoms with van der Waals surface area (Å²) in [7, 11) is 2.06. The summed E-state index contributed by atoms with van der Waals surface area (Å²) in [6.45, 7) is 3.40. The summed E-state index contributed by atoms with van der Waals surface area (Å²) >= 11 is 0. The van der Waals surface area contributed by atoms with E-state index in [9.17, 15) is 0 Å². The van der Waals surface area contributed by atoms with Crippen molar-refractivity contribution in [1.82, 2.24) is 5.32 Å². The first-order valence-corrected chi connectivity index (χ1v) is 6.56. The molecule has 2 rings (SSSR count). The van der Waals surface area contributed by atoms with Crippen LogP contribution in [0.5, 0.6) is 0 Å². The Kier molecular flexibility index (Phi) is 4.00. The van der Waals surface area contributed by atoms with E-state index in [1.54, 1.807) is 0 Å². The number of aryl methyl sites for hydroxylation is 1. The Balaban J connectivity index is 1.88. The van der Waals surface area contributed by atoms with E-state index in [2.05, 4.69) is 43.6 Å². The molecule has 0 bridgehead atoms. The van der Waals surface area contributed by atoms with E-state index in [4.69, 9.17) is 0 Å². The number of hydrogen-bond donors (Lipinski definition) is 1. The molecule has 2 unspecified atom stereocenters. The molecule has 0 aromatic heterocycles. The van der Waals surface area contributed by atoms with Crippen molar-refractivity contribution in [2.75, 3.05) is 13.6 Å². The maximum Gasteiger partial charge on any atom is -0.00208 e. The Morgan fingerprint density at radius 2 is 1.69 bits per heavy atom. The van der Waals surface area contributed by atoms with Gasteiger partial charge >= 0.3 is 0 Å². The predicted octanol–water partition coefficient (Wildman–Crippen LogP) is 3.04. The van der Waals surface area contributed by atoms with E-state index in [0.29, 0.717) is 0 Å². The minimum Gasteiger partial charge on any atom is -0.319 e. The molecule has 0 aliphatic heterocycles. The van der Waals surface area contributed by atoms with Crippen LogP contribution in [0.1, 0.15) is 30.9 Å². The van der Waals surface area contributed by atoms with Gasteiger partial charge in [-0.3, -0.25) is 0 Å². The summed E-state index contributed by atoms with van der Waals surface area (Å²) in [5.74, 6) is 1.83. The minimum absolute atomic E-state index is 0.913. The van der Waals surface area contributed by atoms with Crippen molar-refractivity contribution in [3.05, 3.63) is 35.4 Å². The highest BCUT2D eigenvalue weighted by Crippen LogP contribution is 2.36. The zero-order chi connectivity index (χ0) is 11.4. The lowest BCUT2D eigenvalue weighted by Gasteiger charge is -2.36. The van der Waals surface area contributed by atoms with Crippen LogP contribution < -0.4 is 5.32 Å². The van der Waals surface area contributed by atoms with Gasteiger partial charge in [0.15, 0.2) is 0 Å². The van der Waals surface area contributed by atoms with Crippen LogP contribution in [0.15, 0.2) is 24.3 Å². The fourth-order valence-corrected chi connectivity index (χ4v) is 2.65. The fraction of sp³-hybridized carbons (Fsp3) is 0.600. The van der Waals surface area contributed by atoms with Crippen LogP contribution in [0.4, 0.5) is 0 Å². The first-order valence-electron chi connectivity index (χ1n) is 6.56. The van der Waals surface area contributed by atoms with Gasteiger partial charge in [0.1, 0.15) is 0 Å². The molecule has 0 saturated heterocycles. The summed E-state index contributed by atoms with van der Waals surface area (Å²) in [6.07, 6.45) is 5.25. The van der Waals surface area contributed by atoms with Gasteiger partial charge in [-0.05, 0) is 62.2 Å². The molecule has 1 N–H and O–H groups in total. The van der Waals surface area contributed by atoms with Gasteiger partial charge in [0.25, 0.3) is 0 Å². The molecule has 1 heteroatoms. The van der Waals surface area contributed by atoms with Gasteiger partial charge < -0.3 is 5.32 Å². The third-order valence-electron chi connectivity index (χ3n) is 3.97. The lowest BCUT2D eigenvalue weighted by molar-refractivity contribution is 0.174. The van der Waals surface area contributed by atoms with Crippen LogP contribution in [-0.2, 0) is 12.8 Å². The average molecular weight is 217 g/mol. The van der Waals surface area contributed by atoms with E-state index >= 15 is 0 Å². The highest BCUT2D eigenvalue weighted by Gasteiger charge is 2.29. The molecule has 1 nitrogen and oxygen atoms in total. The zero-order valence-corrected chi connectivity index (χ0v) is 10.5. The molecule has 1 fully saturated rings. The van der Waals surface area contributed by atoms with Gasteiger partial charge in [0.05, 0.1) is 0 Å². The van der Waals surface area contributed by atoms with Crippen LogP contribution in [0.2, 0.25) is 0 Å². The van der Waals surface area contributed by atoms with E-state index in [1.165, 1.54) is 36.9 Å². The monoisotopic (exact) mass is 217 g/mol. The molecule has 2 atom stereocenters. The molecule has 0 heterocycles. The van der Waals surface area contributed by atoms with Crippen molar-refractivity contribution >= 4 is 0 Å². The highest BCUT2D eigenvalue weighted by atomic mass is 14.8. The molecule has 0 amide bonds. The quantitative estimate of drug-likeness (QED) is 0.799. The molecule has 0 radical (unpaired) electrons. The van der Waals surface area contributed by atoms with Gasteiger partial charge in [-0.25, -0.2) is 0 Å². The van der Waals surface area contributed by atoms with Crippen LogP contribution >= 0.6 is 0 Å². The van der Waals surface area contributed by atoms with E-state index < -0.39 is 0 Å². The summed E-state index contributed by atoms with van der Waals surface area (Å²) in [5.41, 5.74) is 2.96. The van der Waals surface area contributed by atoms with Crippen molar-refractivity contribution in [2.24, 2.45) is 11.8 Å². The van der Waals surface area contributed by atoms with Gasteiger partial charge in [-0.2, -0.15) is 0 Å². The number of benzene rings is 1. The van der Waals surface area contributed by atoms with Gasteiger partial charge in [0.2, 0.25) is 0 Å². The fourth-order valence-electron chi connectivity index (χ4n) is 2.65. The van der Waals surface area contributed by atoms with Crippen molar-refractivity contribution in [2.45, 2.75) is 32.6 Å². The summed E-state index contributed by atoms with van der Waals surface area (Å²) < 4.78 is 0. The number of nitrogens with one attached hydrogen (secondary N) is 1. The SMILES string of the molecule is CCc1ccc(CC2CCC2CNC)cc1. The second kappa shape index (κ2) is 5.49. The van der Waals surface area contributed by atoms with Crippen LogP contribution in [-0.4, -0.2) is 13.6 Å². The van der Waals surface area contributed by atoms with Crippen molar-refractivity contribution in [3.63, 3.8) is 0 Å². The molecule has 1 saturated carbocycles. The molecule has 16 heavy (non-hydrogen) atoms. The van der Waals surface area contributed by atoms with E-state index in [0.717, 1.165) is 18.3 Å². The second-order valence-electron chi connectivity index (χ2n) is 5.03. The smallest absolute Gasteiger partial charge is 0.00208 e. The standard InChI is InChI=1S/C15H23N/c1-3-12-4-6-13(7-5-12)10-14-8-9-15(14)11-16-2/h4-7,14-16H,3,8-11H2,1-2H3. The minimum atomic E-state index is 0.913. The zero-order valence-electron chi connectivity index (χ0n) is 10.5. The van der Waals surface area contributed by atoms with Gasteiger partial charge in [-0.1, -0.05) is 31.2 Å². The molecule has 1 aliphatic carbocycles. The second-order valence-corrected chi connectivity index (χ2v) is 5.03. The Labute approximate surface area is 99.3 Å². The van der Waals surface area contributed by atoms with Crippen LogP contribution in [0.25, 0.3) is 0 Å². The maximum atomic E-state index is 3.30. The molecule has 1 aromatic rings. The average Bonchev–Trinajstić information content (AvgIpc) is 2.32. The van der Waals surface area contributed by atoms with E-state index in [-0.39, 0.29) is 0 Å². The van der Waals surface area contributed by atoms with Gasteiger partial charge in [0, 0.05) is 0 Å². The van der Waals surface area contributed by atoms with Gasteiger partial charge in [-0.15, -0.1) is 0 Å². The molecular weight excluding hydrogens is 194 g/mol. The first kappa shape index (κ1) is 11.7.